The van der Waals surface area contributed by atoms with Crippen molar-refractivity contribution in [3.05, 3.63) is 59.7 Å². The van der Waals surface area contributed by atoms with Crippen LogP contribution in [0.25, 0.3) is 0 Å². The van der Waals surface area contributed by atoms with Crippen LogP contribution in [-0.4, -0.2) is 37.2 Å². The van der Waals surface area contributed by atoms with Gasteiger partial charge in [-0.05, 0) is 25.1 Å². The summed E-state index contributed by atoms with van der Waals surface area (Å²) in [5.41, 5.74) is 8.31. The van der Waals surface area contributed by atoms with E-state index in [0.29, 0.717) is 25.7 Å². The number of ether oxygens (including phenoxy) is 2. The van der Waals surface area contributed by atoms with Gasteiger partial charge in [0, 0.05) is 18.7 Å². The number of para-hydroxylation sites is 1. The average molecular weight is 453 g/mol. The first-order valence-corrected chi connectivity index (χ1v) is 8.17. The lowest BCUT2D eigenvalue weighted by Crippen LogP contribution is -2.44. The molecule has 0 unspecified atom stereocenters. The maximum atomic E-state index is 6.10. The zero-order valence-corrected chi connectivity index (χ0v) is 16.7. The molecule has 1 aliphatic rings. The van der Waals surface area contributed by atoms with Gasteiger partial charge in [-0.15, -0.1) is 24.0 Å². The topological polar surface area (TPSA) is 60.1 Å². The van der Waals surface area contributed by atoms with Crippen LogP contribution in [0.1, 0.15) is 11.1 Å². The maximum Gasteiger partial charge on any atom is 0.191 e. The summed E-state index contributed by atoms with van der Waals surface area (Å²) in [7, 11) is 0. The third-order valence-electron chi connectivity index (χ3n) is 3.97. The standard InChI is InChI=1S/C19H23N3O2.HI/c1-15-6-8-17(9-7-15)24-18-5-3-2-4-16(18)14-21-19(20)22-10-12-23-13-11-22;/h2-9H,10-14H2,1H3,(H2,20,21);1H. The minimum absolute atomic E-state index is 0. The fraction of sp³-hybridized carbons (Fsp3) is 0.316. The molecule has 6 heteroatoms. The predicted molar refractivity (Wildman–Crippen MR) is 111 cm³/mol. The Labute approximate surface area is 165 Å². The molecule has 5 nitrogen and oxygen atoms in total. The Morgan fingerprint density at radius 1 is 1.12 bits per heavy atom. The number of nitrogens with zero attached hydrogens (tertiary/aromatic N) is 2. The number of aliphatic imine (C=N–C) groups is 1. The summed E-state index contributed by atoms with van der Waals surface area (Å²) in [5, 5.41) is 0. The molecule has 2 N–H and O–H groups in total. The monoisotopic (exact) mass is 453 g/mol. The molecule has 2 aromatic carbocycles. The molecule has 134 valence electrons. The lowest BCUT2D eigenvalue weighted by Gasteiger charge is -2.27. The first-order valence-electron chi connectivity index (χ1n) is 8.17. The highest BCUT2D eigenvalue weighted by molar-refractivity contribution is 14.0. The van der Waals surface area contributed by atoms with E-state index in [-0.39, 0.29) is 24.0 Å². The zero-order chi connectivity index (χ0) is 16.8. The Bertz CT molecular complexity index is 698. The van der Waals surface area contributed by atoms with Gasteiger partial charge in [0.25, 0.3) is 0 Å². The molecular formula is C19H24IN3O2. The highest BCUT2D eigenvalue weighted by Crippen LogP contribution is 2.26. The molecule has 25 heavy (non-hydrogen) atoms. The normalized spacial score (nSPS) is 14.8. The molecule has 0 spiro atoms. The summed E-state index contributed by atoms with van der Waals surface area (Å²) in [6, 6.07) is 15.9. The summed E-state index contributed by atoms with van der Waals surface area (Å²) < 4.78 is 11.3. The number of hydrogen-bond acceptors (Lipinski definition) is 3. The van der Waals surface area contributed by atoms with Gasteiger partial charge in [-0.1, -0.05) is 35.9 Å². The lowest BCUT2D eigenvalue weighted by molar-refractivity contribution is 0.0674. The summed E-state index contributed by atoms with van der Waals surface area (Å²) >= 11 is 0. The SMILES string of the molecule is Cc1ccc(Oc2ccccc2CN=C(N)N2CCOCC2)cc1.I. The van der Waals surface area contributed by atoms with Gasteiger partial charge in [-0.25, -0.2) is 4.99 Å². The fourth-order valence-corrected chi connectivity index (χ4v) is 2.53. The Kier molecular flexibility index (Phi) is 7.52. The van der Waals surface area contributed by atoms with Gasteiger partial charge in [0.15, 0.2) is 5.96 Å². The molecule has 0 atom stereocenters. The van der Waals surface area contributed by atoms with Crippen LogP contribution in [0.2, 0.25) is 0 Å². The molecule has 0 amide bonds. The van der Waals surface area contributed by atoms with Crippen molar-refractivity contribution in [2.45, 2.75) is 13.5 Å². The van der Waals surface area contributed by atoms with Gasteiger partial charge < -0.3 is 20.1 Å². The minimum atomic E-state index is 0. The predicted octanol–water partition coefficient (Wildman–Crippen LogP) is 3.55. The molecule has 1 saturated heterocycles. The second-order valence-electron chi connectivity index (χ2n) is 5.80. The van der Waals surface area contributed by atoms with E-state index in [1.807, 2.05) is 53.4 Å². The lowest BCUT2D eigenvalue weighted by atomic mass is 10.2. The second-order valence-corrected chi connectivity index (χ2v) is 5.80. The maximum absolute atomic E-state index is 6.10. The van der Waals surface area contributed by atoms with Crippen LogP contribution in [0.4, 0.5) is 0 Å². The van der Waals surface area contributed by atoms with Crippen LogP contribution in [0.3, 0.4) is 0 Å². The first-order chi connectivity index (χ1) is 11.7. The van der Waals surface area contributed by atoms with E-state index in [1.54, 1.807) is 0 Å². The van der Waals surface area contributed by atoms with Gasteiger partial charge in [0.2, 0.25) is 0 Å². The summed E-state index contributed by atoms with van der Waals surface area (Å²) in [6.07, 6.45) is 0. The molecule has 1 aliphatic heterocycles. The third kappa shape index (κ3) is 5.61. The number of benzene rings is 2. The van der Waals surface area contributed by atoms with Gasteiger partial charge in [-0.2, -0.15) is 0 Å². The average Bonchev–Trinajstić information content (AvgIpc) is 2.63. The molecule has 3 rings (SSSR count). The largest absolute Gasteiger partial charge is 0.457 e. The van der Waals surface area contributed by atoms with Gasteiger partial charge in [0.1, 0.15) is 11.5 Å². The van der Waals surface area contributed by atoms with Crippen LogP contribution >= 0.6 is 24.0 Å². The molecular weight excluding hydrogens is 429 g/mol. The van der Waals surface area contributed by atoms with Crippen molar-refractivity contribution < 1.29 is 9.47 Å². The van der Waals surface area contributed by atoms with E-state index in [1.165, 1.54) is 5.56 Å². The van der Waals surface area contributed by atoms with Crippen LogP contribution < -0.4 is 10.5 Å². The van der Waals surface area contributed by atoms with Crippen LogP contribution in [0, 0.1) is 6.92 Å². The Hall–Kier alpha value is -1.80. The van der Waals surface area contributed by atoms with E-state index in [2.05, 4.69) is 11.9 Å². The minimum Gasteiger partial charge on any atom is -0.457 e. The van der Waals surface area contributed by atoms with Crippen LogP contribution in [0.5, 0.6) is 11.5 Å². The second kappa shape index (κ2) is 9.62. The smallest absolute Gasteiger partial charge is 0.191 e. The van der Waals surface area contributed by atoms with Crippen LogP contribution in [0.15, 0.2) is 53.5 Å². The number of morpholine rings is 1. The molecule has 1 heterocycles. The molecule has 0 saturated carbocycles. The molecule has 2 aromatic rings. The van der Waals surface area contributed by atoms with E-state index in [4.69, 9.17) is 15.2 Å². The van der Waals surface area contributed by atoms with Crippen molar-refractivity contribution in [2.24, 2.45) is 10.7 Å². The van der Waals surface area contributed by atoms with Crippen molar-refractivity contribution in [1.82, 2.24) is 4.90 Å². The highest BCUT2D eigenvalue weighted by atomic mass is 127. The van der Waals surface area contributed by atoms with Gasteiger partial charge in [0.05, 0.1) is 19.8 Å². The van der Waals surface area contributed by atoms with E-state index >= 15 is 0 Å². The van der Waals surface area contributed by atoms with Gasteiger partial charge >= 0.3 is 0 Å². The number of rotatable bonds is 4. The quantitative estimate of drug-likeness (QED) is 0.437. The van der Waals surface area contributed by atoms with Crippen molar-refractivity contribution in [3.8, 4) is 11.5 Å². The Balaban J connectivity index is 0.00000225. The molecule has 1 fully saturated rings. The molecule has 0 aromatic heterocycles. The van der Waals surface area contributed by atoms with Crippen molar-refractivity contribution in [3.63, 3.8) is 0 Å². The van der Waals surface area contributed by atoms with Crippen molar-refractivity contribution in [1.29, 1.82) is 0 Å². The fourth-order valence-electron chi connectivity index (χ4n) is 2.53. The summed E-state index contributed by atoms with van der Waals surface area (Å²) in [4.78, 5) is 6.57. The van der Waals surface area contributed by atoms with Gasteiger partial charge in [-0.3, -0.25) is 0 Å². The number of aryl methyl sites for hydroxylation is 1. The first kappa shape index (κ1) is 19.5. The number of halogens is 1. The van der Waals surface area contributed by atoms with Crippen molar-refractivity contribution >= 4 is 29.9 Å². The van der Waals surface area contributed by atoms with Crippen molar-refractivity contribution in [2.75, 3.05) is 26.3 Å². The van der Waals surface area contributed by atoms with Crippen LogP contribution in [-0.2, 0) is 11.3 Å². The molecule has 0 bridgehead atoms. The number of nitrogens with two attached hydrogens (primary N) is 1. The molecule has 0 radical (unpaired) electrons. The Morgan fingerprint density at radius 3 is 2.52 bits per heavy atom. The van der Waals surface area contributed by atoms with E-state index in [0.717, 1.165) is 30.2 Å². The zero-order valence-electron chi connectivity index (χ0n) is 14.4. The number of hydrogen-bond donors (Lipinski definition) is 1. The summed E-state index contributed by atoms with van der Waals surface area (Å²) in [6.45, 7) is 5.52. The van der Waals surface area contributed by atoms with E-state index < -0.39 is 0 Å². The Morgan fingerprint density at radius 2 is 1.80 bits per heavy atom. The third-order valence-corrected chi connectivity index (χ3v) is 3.97. The van der Waals surface area contributed by atoms with E-state index in [9.17, 15) is 0 Å². The highest BCUT2D eigenvalue weighted by Gasteiger charge is 2.12. The number of guanidine groups is 1. The molecule has 0 aliphatic carbocycles. The summed E-state index contributed by atoms with van der Waals surface area (Å²) in [5.74, 6) is 2.18.